The van der Waals surface area contributed by atoms with Crippen molar-refractivity contribution in [3.8, 4) is 0 Å². The Morgan fingerprint density at radius 1 is 0.905 bits per heavy atom. The molecule has 2 rings (SSSR count). The van der Waals surface area contributed by atoms with Crippen molar-refractivity contribution in [2.75, 3.05) is 6.54 Å². The van der Waals surface area contributed by atoms with Crippen LogP contribution in [-0.4, -0.2) is 23.5 Å². The number of benzene rings is 2. The molecule has 0 atom stereocenters. The number of amides is 1. The summed E-state index contributed by atoms with van der Waals surface area (Å²) in [5.74, 6) is -0.920. The highest BCUT2D eigenvalue weighted by Crippen LogP contribution is 2.06. The van der Waals surface area contributed by atoms with E-state index in [1.807, 2.05) is 42.5 Å². The van der Waals surface area contributed by atoms with Crippen LogP contribution in [0.5, 0.6) is 0 Å². The number of carboxylic acid groups (broad SMARTS) is 1. The zero-order valence-corrected chi connectivity index (χ0v) is 11.6. The van der Waals surface area contributed by atoms with E-state index < -0.39 is 5.97 Å². The van der Waals surface area contributed by atoms with Crippen LogP contribution in [0.2, 0.25) is 0 Å². The molecule has 0 heterocycles. The Bertz CT molecular complexity index is 606. The molecule has 4 heteroatoms. The van der Waals surface area contributed by atoms with Gasteiger partial charge in [-0.15, -0.1) is 0 Å². The van der Waals surface area contributed by atoms with Crippen LogP contribution in [0, 0.1) is 0 Å². The number of carbonyl (C=O) groups excluding carboxylic acids is 1. The fourth-order valence-electron chi connectivity index (χ4n) is 2.01. The second kappa shape index (κ2) is 7.24. The Morgan fingerprint density at radius 3 is 2.14 bits per heavy atom. The standard InChI is InChI=1S/C17H17NO3/c19-16(20)12-14-8-6-13(7-9-14)10-11-18-17(21)15-4-2-1-3-5-15/h1-9H,10-12H2,(H,18,21)(H,19,20). The highest BCUT2D eigenvalue weighted by molar-refractivity contribution is 5.94. The molecule has 108 valence electrons. The summed E-state index contributed by atoms with van der Waals surface area (Å²) in [5.41, 5.74) is 2.49. The Kier molecular flexibility index (Phi) is 5.10. The van der Waals surface area contributed by atoms with Crippen molar-refractivity contribution in [3.63, 3.8) is 0 Å². The molecule has 0 aliphatic rings. The van der Waals surface area contributed by atoms with Gasteiger partial charge < -0.3 is 10.4 Å². The van der Waals surface area contributed by atoms with Gasteiger partial charge in [-0.3, -0.25) is 9.59 Å². The van der Waals surface area contributed by atoms with Gasteiger partial charge in [-0.25, -0.2) is 0 Å². The second-order valence-electron chi connectivity index (χ2n) is 4.76. The Balaban J connectivity index is 1.81. The third kappa shape index (κ3) is 4.76. The number of rotatable bonds is 6. The van der Waals surface area contributed by atoms with Crippen molar-refractivity contribution in [2.45, 2.75) is 12.8 Å². The number of aliphatic carboxylic acids is 1. The van der Waals surface area contributed by atoms with Crippen LogP contribution in [0.1, 0.15) is 21.5 Å². The number of hydrogen-bond acceptors (Lipinski definition) is 2. The summed E-state index contributed by atoms with van der Waals surface area (Å²) in [5, 5.41) is 11.6. The van der Waals surface area contributed by atoms with E-state index in [-0.39, 0.29) is 12.3 Å². The van der Waals surface area contributed by atoms with Crippen molar-refractivity contribution in [1.82, 2.24) is 5.32 Å². The zero-order chi connectivity index (χ0) is 15.1. The molecule has 0 spiro atoms. The Morgan fingerprint density at radius 2 is 1.52 bits per heavy atom. The minimum atomic E-state index is -0.835. The van der Waals surface area contributed by atoms with Crippen LogP contribution in [-0.2, 0) is 17.6 Å². The molecule has 0 bridgehead atoms. The molecule has 0 aliphatic heterocycles. The molecule has 0 fully saturated rings. The second-order valence-corrected chi connectivity index (χ2v) is 4.76. The molecule has 2 aromatic rings. The first kappa shape index (κ1) is 14.8. The summed E-state index contributed by atoms with van der Waals surface area (Å²) in [6, 6.07) is 16.5. The van der Waals surface area contributed by atoms with E-state index in [9.17, 15) is 9.59 Å². The highest BCUT2D eigenvalue weighted by Gasteiger charge is 2.04. The lowest BCUT2D eigenvalue weighted by Crippen LogP contribution is -2.25. The summed E-state index contributed by atoms with van der Waals surface area (Å²) < 4.78 is 0. The van der Waals surface area contributed by atoms with Gasteiger partial charge in [0.1, 0.15) is 0 Å². The first-order valence-corrected chi connectivity index (χ1v) is 6.78. The topological polar surface area (TPSA) is 66.4 Å². The molecule has 0 saturated carbocycles. The third-order valence-electron chi connectivity index (χ3n) is 3.11. The summed E-state index contributed by atoms with van der Waals surface area (Å²) in [4.78, 5) is 22.4. The average Bonchev–Trinajstić information content (AvgIpc) is 2.49. The van der Waals surface area contributed by atoms with E-state index in [0.717, 1.165) is 11.1 Å². The van der Waals surface area contributed by atoms with E-state index in [4.69, 9.17) is 5.11 Å². The average molecular weight is 283 g/mol. The fraction of sp³-hybridized carbons (Fsp3) is 0.176. The van der Waals surface area contributed by atoms with Crippen LogP contribution in [0.3, 0.4) is 0 Å². The highest BCUT2D eigenvalue weighted by atomic mass is 16.4. The van der Waals surface area contributed by atoms with Crippen molar-refractivity contribution in [1.29, 1.82) is 0 Å². The van der Waals surface area contributed by atoms with Gasteiger partial charge in [0.2, 0.25) is 0 Å². The normalized spacial score (nSPS) is 10.1. The summed E-state index contributed by atoms with van der Waals surface area (Å²) in [7, 11) is 0. The van der Waals surface area contributed by atoms with E-state index in [2.05, 4.69) is 5.32 Å². The van der Waals surface area contributed by atoms with Crippen LogP contribution in [0.25, 0.3) is 0 Å². The molecule has 1 amide bonds. The van der Waals surface area contributed by atoms with Crippen molar-refractivity contribution >= 4 is 11.9 Å². The Hall–Kier alpha value is -2.62. The Labute approximate surface area is 123 Å². The van der Waals surface area contributed by atoms with Crippen LogP contribution < -0.4 is 5.32 Å². The van der Waals surface area contributed by atoms with Gasteiger partial charge in [0.15, 0.2) is 0 Å². The SMILES string of the molecule is O=C(O)Cc1ccc(CCNC(=O)c2ccccc2)cc1. The van der Waals surface area contributed by atoms with Gasteiger partial charge in [0.25, 0.3) is 5.91 Å². The van der Waals surface area contributed by atoms with Crippen molar-refractivity contribution < 1.29 is 14.7 Å². The number of hydrogen-bond donors (Lipinski definition) is 2. The van der Waals surface area contributed by atoms with Gasteiger partial charge in [0.05, 0.1) is 6.42 Å². The quantitative estimate of drug-likeness (QED) is 0.854. The molecule has 0 unspecified atom stereocenters. The van der Waals surface area contributed by atoms with Crippen molar-refractivity contribution in [2.24, 2.45) is 0 Å². The molecule has 0 saturated heterocycles. The lowest BCUT2D eigenvalue weighted by molar-refractivity contribution is -0.136. The van der Waals surface area contributed by atoms with Gasteiger partial charge in [-0.05, 0) is 29.7 Å². The van der Waals surface area contributed by atoms with E-state index >= 15 is 0 Å². The monoisotopic (exact) mass is 283 g/mol. The molecule has 2 aromatic carbocycles. The minimum Gasteiger partial charge on any atom is -0.481 e. The summed E-state index contributed by atoms with van der Waals surface area (Å²) in [6.45, 7) is 0.548. The maximum Gasteiger partial charge on any atom is 0.307 e. The molecule has 2 N–H and O–H groups in total. The van der Waals surface area contributed by atoms with E-state index in [1.165, 1.54) is 0 Å². The zero-order valence-electron chi connectivity index (χ0n) is 11.6. The van der Waals surface area contributed by atoms with Crippen molar-refractivity contribution in [3.05, 3.63) is 71.3 Å². The van der Waals surface area contributed by atoms with Crippen LogP contribution >= 0.6 is 0 Å². The lowest BCUT2D eigenvalue weighted by atomic mass is 10.1. The maximum absolute atomic E-state index is 11.8. The van der Waals surface area contributed by atoms with Crippen LogP contribution in [0.4, 0.5) is 0 Å². The van der Waals surface area contributed by atoms with Crippen LogP contribution in [0.15, 0.2) is 54.6 Å². The molecule has 0 radical (unpaired) electrons. The van der Waals surface area contributed by atoms with Gasteiger partial charge in [0, 0.05) is 12.1 Å². The number of nitrogens with one attached hydrogen (secondary N) is 1. The summed E-state index contributed by atoms with van der Waals surface area (Å²) >= 11 is 0. The largest absolute Gasteiger partial charge is 0.481 e. The van der Waals surface area contributed by atoms with Gasteiger partial charge in [-0.2, -0.15) is 0 Å². The fourth-order valence-corrected chi connectivity index (χ4v) is 2.01. The van der Waals surface area contributed by atoms with E-state index in [1.54, 1.807) is 12.1 Å². The van der Waals surface area contributed by atoms with Gasteiger partial charge >= 0.3 is 5.97 Å². The van der Waals surface area contributed by atoms with E-state index in [0.29, 0.717) is 18.5 Å². The maximum atomic E-state index is 11.8. The number of carboxylic acids is 1. The molecule has 0 aliphatic carbocycles. The molecular weight excluding hydrogens is 266 g/mol. The molecular formula is C17H17NO3. The first-order chi connectivity index (χ1) is 10.1. The molecule has 4 nitrogen and oxygen atoms in total. The summed E-state index contributed by atoms with van der Waals surface area (Å²) in [6.07, 6.45) is 0.747. The lowest BCUT2D eigenvalue weighted by Gasteiger charge is -2.06. The predicted molar refractivity (Wildman–Crippen MR) is 80.3 cm³/mol. The first-order valence-electron chi connectivity index (χ1n) is 6.78. The molecule has 21 heavy (non-hydrogen) atoms. The predicted octanol–water partition coefficient (Wildman–Crippen LogP) is 2.29. The minimum absolute atomic E-state index is 0.0328. The number of carbonyl (C=O) groups is 2. The molecule has 0 aromatic heterocycles. The third-order valence-corrected chi connectivity index (χ3v) is 3.11. The smallest absolute Gasteiger partial charge is 0.307 e. The van der Waals surface area contributed by atoms with Gasteiger partial charge in [-0.1, -0.05) is 42.5 Å².